The Kier molecular flexibility index (Phi) is 8.49. The highest BCUT2D eigenvalue weighted by molar-refractivity contribution is 7.89. The van der Waals surface area contributed by atoms with Gasteiger partial charge in [-0.2, -0.15) is 20.5 Å². The maximum Gasteiger partial charge on any atom is 0.238 e. The number of nitriles is 2. The summed E-state index contributed by atoms with van der Waals surface area (Å²) in [6, 6.07) is 26.7. The van der Waals surface area contributed by atoms with E-state index in [4.69, 9.17) is 15.7 Å². The van der Waals surface area contributed by atoms with Crippen molar-refractivity contribution in [3.63, 3.8) is 0 Å². The van der Waals surface area contributed by atoms with Crippen molar-refractivity contribution < 1.29 is 8.42 Å². The summed E-state index contributed by atoms with van der Waals surface area (Å²) < 4.78 is 22.9. The topological polar surface area (TPSA) is 170 Å². The number of sulfonamides is 1. The van der Waals surface area contributed by atoms with Gasteiger partial charge in [-0.1, -0.05) is 24.3 Å². The zero-order valence-corrected chi connectivity index (χ0v) is 21.5. The van der Waals surface area contributed by atoms with Crippen molar-refractivity contribution in [1.29, 1.82) is 10.5 Å². The molecule has 0 radical (unpaired) electrons. The first kappa shape index (κ1) is 26.8. The minimum absolute atomic E-state index is 0.0679. The monoisotopic (exact) mass is 536 g/mol. The van der Waals surface area contributed by atoms with E-state index in [1.807, 2.05) is 30.3 Å². The number of benzene rings is 3. The van der Waals surface area contributed by atoms with Crippen LogP contribution in [0.15, 0.2) is 89.8 Å². The van der Waals surface area contributed by atoms with E-state index in [0.717, 1.165) is 22.5 Å². The van der Waals surface area contributed by atoms with E-state index in [1.165, 1.54) is 18.2 Å². The van der Waals surface area contributed by atoms with Crippen LogP contribution >= 0.6 is 0 Å². The summed E-state index contributed by atoms with van der Waals surface area (Å²) in [5.41, 5.74) is 3.90. The second-order valence-electron chi connectivity index (χ2n) is 8.35. The Morgan fingerprint density at radius 1 is 0.846 bits per heavy atom. The largest absolute Gasteiger partial charge is 0.370 e. The summed E-state index contributed by atoms with van der Waals surface area (Å²) in [4.78, 5) is 9.21. The van der Waals surface area contributed by atoms with Crippen LogP contribution in [0.3, 0.4) is 0 Å². The number of hydrogen-bond acceptors (Lipinski definition) is 9. The van der Waals surface area contributed by atoms with Crippen LogP contribution in [0.5, 0.6) is 0 Å². The molecule has 3 aromatic carbocycles. The molecule has 4 aromatic rings. The highest BCUT2D eigenvalue weighted by Gasteiger charge is 2.09. The minimum atomic E-state index is -3.73. The maximum absolute atomic E-state index is 11.5. The van der Waals surface area contributed by atoms with E-state index < -0.39 is 10.0 Å². The molecular weight excluding hydrogens is 512 g/mol. The molecule has 0 amide bonds. The SMILES string of the molecule is N#C/C=C/c1ccc(Nc2cc(NCCc3ccc(S(N)(=O)=O)cc3)nc(Nc3ccc(C#N)cc3)n2)cc1. The van der Waals surface area contributed by atoms with Gasteiger partial charge in [0.15, 0.2) is 0 Å². The second kappa shape index (κ2) is 12.3. The van der Waals surface area contributed by atoms with Crippen LogP contribution in [-0.2, 0) is 16.4 Å². The van der Waals surface area contributed by atoms with Gasteiger partial charge in [0.2, 0.25) is 16.0 Å². The molecule has 1 heterocycles. The van der Waals surface area contributed by atoms with Crippen LogP contribution in [0.1, 0.15) is 16.7 Å². The summed E-state index contributed by atoms with van der Waals surface area (Å²) >= 11 is 0. The molecule has 10 nitrogen and oxygen atoms in total. The van der Waals surface area contributed by atoms with Crippen LogP contribution in [-0.4, -0.2) is 24.9 Å². The van der Waals surface area contributed by atoms with E-state index >= 15 is 0 Å². The van der Waals surface area contributed by atoms with Gasteiger partial charge < -0.3 is 16.0 Å². The Morgan fingerprint density at radius 2 is 1.49 bits per heavy atom. The van der Waals surface area contributed by atoms with Crippen LogP contribution in [0, 0.1) is 22.7 Å². The number of allylic oxidation sites excluding steroid dienone is 1. The van der Waals surface area contributed by atoms with Crippen LogP contribution in [0.4, 0.5) is 29.0 Å². The Hall–Kier alpha value is -5.23. The van der Waals surface area contributed by atoms with E-state index in [9.17, 15) is 8.42 Å². The first-order valence-corrected chi connectivity index (χ1v) is 13.3. The number of nitrogens with one attached hydrogen (secondary N) is 3. The van der Waals surface area contributed by atoms with Crippen molar-refractivity contribution in [2.75, 3.05) is 22.5 Å². The molecule has 0 bridgehead atoms. The molecule has 4 rings (SSSR count). The third-order valence-corrected chi connectivity index (χ3v) is 6.43. The van der Waals surface area contributed by atoms with Crippen LogP contribution in [0.25, 0.3) is 6.08 Å². The predicted molar refractivity (Wildman–Crippen MR) is 151 cm³/mol. The average Bonchev–Trinajstić information content (AvgIpc) is 2.93. The highest BCUT2D eigenvalue weighted by atomic mass is 32.2. The molecule has 0 unspecified atom stereocenters. The molecule has 0 fully saturated rings. The number of nitrogens with zero attached hydrogens (tertiary/aromatic N) is 4. The molecule has 0 saturated heterocycles. The first-order valence-electron chi connectivity index (χ1n) is 11.8. The third kappa shape index (κ3) is 7.87. The van der Waals surface area contributed by atoms with Gasteiger partial charge in [-0.3, -0.25) is 0 Å². The summed E-state index contributed by atoms with van der Waals surface area (Å²) in [7, 11) is -3.73. The number of rotatable bonds is 10. The molecule has 0 aliphatic heterocycles. The van der Waals surface area contributed by atoms with Gasteiger partial charge >= 0.3 is 0 Å². The molecular formula is C28H24N8O2S. The molecule has 0 saturated carbocycles. The van der Waals surface area contributed by atoms with Gasteiger partial charge in [-0.05, 0) is 72.2 Å². The van der Waals surface area contributed by atoms with Crippen molar-refractivity contribution in [1.82, 2.24) is 9.97 Å². The third-order valence-electron chi connectivity index (χ3n) is 5.50. The summed E-state index contributed by atoms with van der Waals surface area (Å²) in [6.07, 6.45) is 3.76. The fourth-order valence-electron chi connectivity index (χ4n) is 3.55. The lowest BCUT2D eigenvalue weighted by Gasteiger charge is -2.13. The molecule has 0 aliphatic rings. The molecule has 5 N–H and O–H groups in total. The normalized spacial score (nSPS) is 10.9. The van der Waals surface area contributed by atoms with Crippen molar-refractivity contribution in [3.05, 3.63) is 102 Å². The van der Waals surface area contributed by atoms with Gasteiger partial charge in [0.25, 0.3) is 0 Å². The van der Waals surface area contributed by atoms with Crippen molar-refractivity contribution >= 4 is 45.1 Å². The number of primary sulfonamides is 1. The number of nitrogens with two attached hydrogens (primary N) is 1. The van der Waals surface area contributed by atoms with Gasteiger partial charge in [0.1, 0.15) is 11.6 Å². The lowest BCUT2D eigenvalue weighted by molar-refractivity contribution is 0.598. The number of aromatic nitrogens is 2. The van der Waals surface area contributed by atoms with E-state index in [-0.39, 0.29) is 4.90 Å². The quantitative estimate of drug-likeness (QED) is 0.210. The predicted octanol–water partition coefficient (Wildman–Crippen LogP) is 4.67. The lowest BCUT2D eigenvalue weighted by Crippen LogP contribution is -2.12. The van der Waals surface area contributed by atoms with Crippen molar-refractivity contribution in [3.8, 4) is 12.1 Å². The Morgan fingerprint density at radius 3 is 2.13 bits per heavy atom. The smallest absolute Gasteiger partial charge is 0.238 e. The van der Waals surface area contributed by atoms with Crippen LogP contribution < -0.4 is 21.1 Å². The second-order valence-corrected chi connectivity index (χ2v) is 9.91. The molecule has 0 aliphatic carbocycles. The van der Waals surface area contributed by atoms with E-state index in [1.54, 1.807) is 48.5 Å². The molecule has 0 atom stereocenters. The fraction of sp³-hybridized carbons (Fsp3) is 0.0714. The van der Waals surface area contributed by atoms with E-state index in [2.05, 4.69) is 32.0 Å². The molecule has 11 heteroatoms. The molecule has 39 heavy (non-hydrogen) atoms. The molecule has 1 aromatic heterocycles. The Bertz CT molecular complexity index is 1650. The highest BCUT2D eigenvalue weighted by Crippen LogP contribution is 2.22. The lowest BCUT2D eigenvalue weighted by atomic mass is 10.1. The Balaban J connectivity index is 1.51. The molecule has 0 spiro atoms. The zero-order valence-electron chi connectivity index (χ0n) is 20.7. The van der Waals surface area contributed by atoms with Gasteiger partial charge in [-0.15, -0.1) is 0 Å². The van der Waals surface area contributed by atoms with Gasteiger partial charge in [0.05, 0.1) is 22.6 Å². The minimum Gasteiger partial charge on any atom is -0.370 e. The molecule has 194 valence electrons. The summed E-state index contributed by atoms with van der Waals surface area (Å²) in [6.45, 7) is 0.529. The zero-order chi connectivity index (χ0) is 27.7. The standard InChI is InChI=1S/C28H24N8O2S/c29-16-1-2-20-3-9-23(10-4-20)33-27-18-26(32-17-15-21-7-13-25(14-8-21)39(31,37)38)35-28(36-27)34-24-11-5-22(19-30)6-12-24/h1-14,18H,15,17H2,(H2,31,37,38)(H3,32,33,34,35,36)/b2-1+. The summed E-state index contributed by atoms with van der Waals surface area (Å²) in [5.74, 6) is 1.46. The van der Waals surface area contributed by atoms with Crippen LogP contribution in [0.2, 0.25) is 0 Å². The van der Waals surface area contributed by atoms with Crippen molar-refractivity contribution in [2.45, 2.75) is 11.3 Å². The van der Waals surface area contributed by atoms with Crippen molar-refractivity contribution in [2.24, 2.45) is 5.14 Å². The van der Waals surface area contributed by atoms with E-state index in [0.29, 0.717) is 36.1 Å². The Labute approximate surface area is 226 Å². The maximum atomic E-state index is 11.5. The van der Waals surface area contributed by atoms with Gasteiger partial charge in [0, 0.05) is 30.1 Å². The average molecular weight is 537 g/mol. The summed E-state index contributed by atoms with van der Waals surface area (Å²) in [5, 5.41) is 32.6. The van der Waals surface area contributed by atoms with Gasteiger partial charge in [-0.25, -0.2) is 13.6 Å². The number of hydrogen-bond donors (Lipinski definition) is 4. The number of anilines is 5. The fourth-order valence-corrected chi connectivity index (χ4v) is 4.07. The first-order chi connectivity index (χ1) is 18.8.